The summed E-state index contributed by atoms with van der Waals surface area (Å²) in [4.78, 5) is 23.5. The highest BCUT2D eigenvalue weighted by atomic mass is 19.3. The third-order valence-corrected chi connectivity index (χ3v) is 2.82. The molecule has 1 amide bonds. The van der Waals surface area contributed by atoms with Crippen molar-refractivity contribution in [2.24, 2.45) is 5.41 Å². The Bertz CT molecular complexity index is 364. The molecule has 1 heterocycles. The number of amides is 1. The molecule has 0 aromatic heterocycles. The van der Waals surface area contributed by atoms with Crippen LogP contribution in [-0.4, -0.2) is 46.7 Å². The number of carbonyl (C=O) groups excluding carboxylic acids is 1. The maximum Gasteiger partial charge on any atom is 0.410 e. The lowest BCUT2D eigenvalue weighted by Gasteiger charge is -2.49. The van der Waals surface area contributed by atoms with Gasteiger partial charge in [0.2, 0.25) is 0 Å². The monoisotopic (exact) mass is 265 g/mol. The molecule has 1 fully saturated rings. The number of hydrogen-bond acceptors (Lipinski definition) is 3. The van der Waals surface area contributed by atoms with E-state index in [2.05, 4.69) is 0 Å². The highest BCUT2D eigenvalue weighted by molar-refractivity contribution is 5.81. The van der Waals surface area contributed by atoms with E-state index in [9.17, 15) is 18.4 Å². The van der Waals surface area contributed by atoms with Crippen LogP contribution in [0.5, 0.6) is 0 Å². The van der Waals surface area contributed by atoms with E-state index in [1.165, 1.54) is 0 Å². The van der Waals surface area contributed by atoms with Gasteiger partial charge in [-0.3, -0.25) is 4.79 Å². The third kappa shape index (κ3) is 2.54. The first-order valence-electron chi connectivity index (χ1n) is 5.48. The van der Waals surface area contributed by atoms with Crippen molar-refractivity contribution in [3.05, 3.63) is 0 Å². The molecular weight excluding hydrogens is 248 g/mol. The largest absolute Gasteiger partial charge is 0.481 e. The smallest absolute Gasteiger partial charge is 0.410 e. The Kier molecular flexibility index (Phi) is 3.31. The van der Waals surface area contributed by atoms with Gasteiger partial charge in [0, 0.05) is 20.0 Å². The van der Waals surface area contributed by atoms with Crippen LogP contribution in [0, 0.1) is 5.41 Å². The summed E-state index contributed by atoms with van der Waals surface area (Å²) in [6, 6.07) is 0. The molecule has 1 aliphatic heterocycles. The van der Waals surface area contributed by atoms with Gasteiger partial charge in [0.25, 0.3) is 5.92 Å². The average Bonchev–Trinajstić information content (AvgIpc) is 1.92. The molecule has 1 saturated heterocycles. The van der Waals surface area contributed by atoms with Gasteiger partial charge in [-0.05, 0) is 20.8 Å². The van der Waals surface area contributed by atoms with Gasteiger partial charge in [-0.25, -0.2) is 13.6 Å². The fourth-order valence-electron chi connectivity index (χ4n) is 1.66. The van der Waals surface area contributed by atoms with Crippen LogP contribution < -0.4 is 0 Å². The number of carbonyl (C=O) groups is 2. The van der Waals surface area contributed by atoms with Gasteiger partial charge in [0.05, 0.1) is 0 Å². The molecule has 0 radical (unpaired) electrons. The maximum atomic E-state index is 13.3. The Morgan fingerprint density at radius 3 is 1.94 bits per heavy atom. The van der Waals surface area contributed by atoms with Crippen molar-refractivity contribution in [1.82, 2.24) is 4.90 Å². The predicted octanol–water partition coefficient (Wildman–Crippen LogP) is 1.96. The van der Waals surface area contributed by atoms with Gasteiger partial charge in [-0.1, -0.05) is 0 Å². The Morgan fingerprint density at radius 2 is 1.67 bits per heavy atom. The molecule has 0 atom stereocenters. The van der Waals surface area contributed by atoms with Crippen molar-refractivity contribution < 1.29 is 28.2 Å². The van der Waals surface area contributed by atoms with Gasteiger partial charge in [-0.2, -0.15) is 0 Å². The van der Waals surface area contributed by atoms with Gasteiger partial charge in [0.1, 0.15) is 5.60 Å². The molecule has 0 aromatic rings. The second kappa shape index (κ2) is 4.07. The summed E-state index contributed by atoms with van der Waals surface area (Å²) < 4.78 is 31.6. The number of aliphatic carboxylic acids is 1. The number of ether oxygens (including phenoxy) is 1. The molecule has 0 aromatic carbocycles. The van der Waals surface area contributed by atoms with Crippen molar-refractivity contribution in [3.63, 3.8) is 0 Å². The van der Waals surface area contributed by atoms with Crippen LogP contribution in [0.15, 0.2) is 0 Å². The predicted molar refractivity (Wildman–Crippen MR) is 58.5 cm³/mol. The number of alkyl halides is 2. The lowest BCUT2D eigenvalue weighted by atomic mass is 9.75. The molecule has 0 bridgehead atoms. The topological polar surface area (TPSA) is 66.8 Å². The highest BCUT2D eigenvalue weighted by Gasteiger charge is 2.65. The quantitative estimate of drug-likeness (QED) is 0.828. The Morgan fingerprint density at radius 1 is 1.22 bits per heavy atom. The average molecular weight is 265 g/mol. The van der Waals surface area contributed by atoms with Crippen molar-refractivity contribution in [1.29, 1.82) is 0 Å². The van der Waals surface area contributed by atoms with Crippen molar-refractivity contribution in [3.8, 4) is 0 Å². The van der Waals surface area contributed by atoms with E-state index in [1.54, 1.807) is 20.8 Å². The lowest BCUT2D eigenvalue weighted by molar-refractivity contribution is -0.202. The zero-order valence-corrected chi connectivity index (χ0v) is 10.8. The summed E-state index contributed by atoms with van der Waals surface area (Å²) in [6.45, 7) is 4.39. The molecule has 104 valence electrons. The number of halogens is 2. The van der Waals surface area contributed by atoms with E-state index in [0.717, 1.165) is 4.90 Å². The van der Waals surface area contributed by atoms with Crippen LogP contribution in [0.1, 0.15) is 27.7 Å². The van der Waals surface area contributed by atoms with Crippen molar-refractivity contribution >= 4 is 12.1 Å². The van der Waals surface area contributed by atoms with Crippen molar-refractivity contribution in [2.45, 2.75) is 39.2 Å². The van der Waals surface area contributed by atoms with Crippen LogP contribution in [0.3, 0.4) is 0 Å². The van der Waals surface area contributed by atoms with E-state index >= 15 is 0 Å². The van der Waals surface area contributed by atoms with Crippen LogP contribution >= 0.6 is 0 Å². The molecule has 0 unspecified atom stereocenters. The first-order chi connectivity index (χ1) is 7.89. The first-order valence-corrected chi connectivity index (χ1v) is 5.48. The van der Waals surface area contributed by atoms with Crippen LogP contribution in [-0.2, 0) is 9.53 Å². The Labute approximate surface area is 104 Å². The van der Waals surface area contributed by atoms with Gasteiger partial charge < -0.3 is 14.7 Å². The van der Waals surface area contributed by atoms with Crippen molar-refractivity contribution in [2.75, 3.05) is 13.1 Å². The molecule has 7 heteroatoms. The zero-order chi connectivity index (χ0) is 14.4. The molecule has 18 heavy (non-hydrogen) atoms. The Hall–Kier alpha value is -1.40. The minimum absolute atomic E-state index is 0.541. The normalized spacial score (nSPS) is 19.1. The molecule has 0 saturated carbocycles. The van der Waals surface area contributed by atoms with E-state index < -0.39 is 42.1 Å². The zero-order valence-electron chi connectivity index (χ0n) is 10.8. The standard InChI is InChI=1S/C11H17F2NO4/c1-9(2,3)18-8(17)14-5-11(6-14,7(15)16)10(4,12)13/h5-6H2,1-4H3,(H,15,16). The molecule has 1 aliphatic rings. The summed E-state index contributed by atoms with van der Waals surface area (Å²) in [5.41, 5.74) is -2.95. The second-order valence-electron chi connectivity index (χ2n) is 5.61. The number of rotatable bonds is 2. The van der Waals surface area contributed by atoms with E-state index in [4.69, 9.17) is 9.84 Å². The third-order valence-electron chi connectivity index (χ3n) is 2.82. The summed E-state index contributed by atoms with van der Waals surface area (Å²) in [6.07, 6.45) is -0.774. The van der Waals surface area contributed by atoms with E-state index in [0.29, 0.717) is 6.92 Å². The fourth-order valence-corrected chi connectivity index (χ4v) is 1.66. The Balaban J connectivity index is 2.72. The number of carboxylic acid groups (broad SMARTS) is 1. The molecular formula is C11H17F2NO4. The molecule has 1 N–H and O–H groups in total. The number of nitrogens with zero attached hydrogens (tertiary/aromatic N) is 1. The van der Waals surface area contributed by atoms with Gasteiger partial charge >= 0.3 is 12.1 Å². The second-order valence-corrected chi connectivity index (χ2v) is 5.61. The fraction of sp³-hybridized carbons (Fsp3) is 0.818. The SMILES string of the molecule is CC(C)(C)OC(=O)N1CC(C(=O)O)(C(C)(F)F)C1. The highest BCUT2D eigenvalue weighted by Crippen LogP contribution is 2.44. The minimum Gasteiger partial charge on any atom is -0.481 e. The summed E-state index contributed by atoms with van der Waals surface area (Å²) >= 11 is 0. The van der Waals surface area contributed by atoms with E-state index in [1.807, 2.05) is 0 Å². The molecule has 0 spiro atoms. The number of carboxylic acids is 1. The maximum absolute atomic E-state index is 13.3. The first kappa shape index (κ1) is 14.7. The van der Waals surface area contributed by atoms with Crippen LogP contribution in [0.4, 0.5) is 13.6 Å². The molecule has 0 aliphatic carbocycles. The van der Waals surface area contributed by atoms with Crippen LogP contribution in [0.25, 0.3) is 0 Å². The summed E-state index contributed by atoms with van der Waals surface area (Å²) in [5.74, 6) is -4.99. The lowest BCUT2D eigenvalue weighted by Crippen LogP contribution is -2.69. The summed E-state index contributed by atoms with van der Waals surface area (Å²) in [7, 11) is 0. The number of likely N-dealkylation sites (tertiary alicyclic amines) is 1. The molecule has 1 rings (SSSR count). The van der Waals surface area contributed by atoms with Crippen LogP contribution in [0.2, 0.25) is 0 Å². The minimum atomic E-state index is -3.39. The number of hydrogen-bond donors (Lipinski definition) is 1. The van der Waals surface area contributed by atoms with E-state index in [-0.39, 0.29) is 0 Å². The van der Waals surface area contributed by atoms with Gasteiger partial charge in [-0.15, -0.1) is 0 Å². The summed E-state index contributed by atoms with van der Waals surface area (Å²) in [5, 5.41) is 8.89. The van der Waals surface area contributed by atoms with Gasteiger partial charge in [0.15, 0.2) is 5.41 Å². The molecule has 5 nitrogen and oxygen atoms in total.